The van der Waals surface area contributed by atoms with E-state index in [9.17, 15) is 4.39 Å². The average Bonchev–Trinajstić information content (AvgIpc) is 2.08. The maximum absolute atomic E-state index is 12.2. The lowest BCUT2D eigenvalue weighted by molar-refractivity contribution is 0.447. The Kier molecular flexibility index (Phi) is 3.53. The van der Waals surface area contributed by atoms with Crippen molar-refractivity contribution < 1.29 is 4.39 Å². The van der Waals surface area contributed by atoms with Crippen LogP contribution in [0.5, 0.6) is 0 Å². The number of hydrogen-bond acceptors (Lipinski definition) is 0. The van der Waals surface area contributed by atoms with Crippen LogP contribution in [0.4, 0.5) is 4.39 Å². The summed E-state index contributed by atoms with van der Waals surface area (Å²) in [7, 11) is 0. The molecule has 12 heavy (non-hydrogen) atoms. The molecule has 1 aromatic rings. The van der Waals surface area contributed by atoms with E-state index >= 15 is 0 Å². The summed E-state index contributed by atoms with van der Waals surface area (Å²) in [5.74, 6) is -0.0735. The van der Waals surface area contributed by atoms with Crippen molar-refractivity contribution in [2.24, 2.45) is 0 Å². The zero-order valence-corrected chi connectivity index (χ0v) is 8.99. The molecule has 0 bridgehead atoms. The monoisotopic (exact) mass is 250 g/mol. The molecule has 0 aliphatic heterocycles. The van der Waals surface area contributed by atoms with Crippen molar-refractivity contribution in [2.75, 3.05) is 6.67 Å². The van der Waals surface area contributed by atoms with E-state index in [0.29, 0.717) is 5.02 Å². The SMILES string of the molecule is CC(CF)c1ccc(Br)c(Cl)c1. The maximum Gasteiger partial charge on any atom is 0.0960 e. The van der Waals surface area contributed by atoms with Gasteiger partial charge in [-0.3, -0.25) is 4.39 Å². The first-order valence-corrected chi connectivity index (χ1v) is 4.83. The first kappa shape index (κ1) is 10.0. The molecule has 0 fully saturated rings. The van der Waals surface area contributed by atoms with Gasteiger partial charge in [-0.1, -0.05) is 24.6 Å². The summed E-state index contributed by atoms with van der Waals surface area (Å²) >= 11 is 9.12. The Morgan fingerprint density at radius 3 is 2.75 bits per heavy atom. The number of hydrogen-bond donors (Lipinski definition) is 0. The van der Waals surface area contributed by atoms with Crippen LogP contribution >= 0.6 is 27.5 Å². The van der Waals surface area contributed by atoms with Crippen LogP contribution in [-0.2, 0) is 0 Å². The van der Waals surface area contributed by atoms with E-state index in [4.69, 9.17) is 11.6 Å². The quantitative estimate of drug-likeness (QED) is 0.740. The van der Waals surface area contributed by atoms with Gasteiger partial charge in [-0.2, -0.15) is 0 Å². The Hall–Kier alpha value is -0.0800. The second-order valence-corrected chi connectivity index (χ2v) is 3.99. The molecule has 1 rings (SSSR count). The standard InChI is InChI=1S/C9H9BrClF/c1-6(5-12)7-2-3-8(10)9(11)4-7/h2-4,6H,5H2,1H3. The fourth-order valence-electron chi connectivity index (χ4n) is 0.908. The van der Waals surface area contributed by atoms with Crippen LogP contribution in [0.2, 0.25) is 5.02 Å². The second-order valence-electron chi connectivity index (χ2n) is 2.73. The van der Waals surface area contributed by atoms with Gasteiger partial charge in [-0.25, -0.2) is 0 Å². The Balaban J connectivity index is 2.96. The van der Waals surface area contributed by atoms with E-state index < -0.39 is 0 Å². The number of halogens is 3. The largest absolute Gasteiger partial charge is 0.250 e. The van der Waals surface area contributed by atoms with Crippen LogP contribution in [0, 0.1) is 0 Å². The lowest BCUT2D eigenvalue weighted by Gasteiger charge is -2.07. The summed E-state index contributed by atoms with van der Waals surface area (Å²) in [4.78, 5) is 0. The molecule has 0 amide bonds. The normalized spacial score (nSPS) is 13.0. The lowest BCUT2D eigenvalue weighted by atomic mass is 10.0. The van der Waals surface area contributed by atoms with Crippen LogP contribution < -0.4 is 0 Å². The third-order valence-corrected chi connectivity index (χ3v) is 2.98. The first-order chi connectivity index (χ1) is 5.65. The predicted octanol–water partition coefficient (Wildman–Crippen LogP) is 4.18. The van der Waals surface area contributed by atoms with Gasteiger partial charge in [-0.05, 0) is 33.6 Å². The minimum absolute atomic E-state index is 0.0735. The van der Waals surface area contributed by atoms with Crippen LogP contribution in [0.25, 0.3) is 0 Å². The van der Waals surface area contributed by atoms with E-state index in [1.165, 1.54) is 0 Å². The van der Waals surface area contributed by atoms with Crippen molar-refractivity contribution in [2.45, 2.75) is 12.8 Å². The molecule has 3 heteroatoms. The molecule has 1 aromatic carbocycles. The maximum atomic E-state index is 12.2. The van der Waals surface area contributed by atoms with Crippen molar-refractivity contribution in [1.82, 2.24) is 0 Å². The van der Waals surface area contributed by atoms with Crippen molar-refractivity contribution in [3.8, 4) is 0 Å². The van der Waals surface area contributed by atoms with E-state index in [1.807, 2.05) is 19.1 Å². The van der Waals surface area contributed by atoms with Gasteiger partial charge >= 0.3 is 0 Å². The predicted molar refractivity (Wildman–Crippen MR) is 53.5 cm³/mol. The van der Waals surface area contributed by atoms with Gasteiger partial charge in [0.1, 0.15) is 0 Å². The zero-order chi connectivity index (χ0) is 9.14. The smallest absolute Gasteiger partial charge is 0.0960 e. The van der Waals surface area contributed by atoms with Gasteiger partial charge in [0, 0.05) is 10.4 Å². The minimum Gasteiger partial charge on any atom is -0.250 e. The zero-order valence-electron chi connectivity index (χ0n) is 6.65. The van der Waals surface area contributed by atoms with Gasteiger partial charge in [0.15, 0.2) is 0 Å². The molecular formula is C9H9BrClF. The third-order valence-electron chi connectivity index (χ3n) is 1.74. The molecule has 0 N–H and O–H groups in total. The molecule has 1 unspecified atom stereocenters. The molecule has 0 saturated carbocycles. The van der Waals surface area contributed by atoms with Crippen molar-refractivity contribution in [3.63, 3.8) is 0 Å². The molecule has 1 atom stereocenters. The molecule has 0 nitrogen and oxygen atoms in total. The van der Waals surface area contributed by atoms with Gasteiger partial charge in [0.05, 0.1) is 11.7 Å². The molecule has 0 aromatic heterocycles. The highest BCUT2D eigenvalue weighted by molar-refractivity contribution is 9.10. The average molecular weight is 252 g/mol. The molecule has 0 spiro atoms. The summed E-state index contributed by atoms with van der Waals surface area (Å²) in [6, 6.07) is 5.50. The molecule has 0 aliphatic rings. The molecule has 0 radical (unpaired) electrons. The topological polar surface area (TPSA) is 0 Å². The first-order valence-electron chi connectivity index (χ1n) is 3.66. The fourth-order valence-corrected chi connectivity index (χ4v) is 1.34. The molecule has 0 heterocycles. The van der Waals surface area contributed by atoms with Crippen molar-refractivity contribution in [3.05, 3.63) is 33.3 Å². The van der Waals surface area contributed by atoms with Crippen molar-refractivity contribution >= 4 is 27.5 Å². The number of rotatable bonds is 2. The van der Waals surface area contributed by atoms with E-state index in [0.717, 1.165) is 10.0 Å². The van der Waals surface area contributed by atoms with Crippen molar-refractivity contribution in [1.29, 1.82) is 0 Å². The summed E-state index contributed by atoms with van der Waals surface area (Å²) in [6.07, 6.45) is 0. The lowest BCUT2D eigenvalue weighted by Crippen LogP contribution is -1.94. The highest BCUT2D eigenvalue weighted by Gasteiger charge is 2.06. The molecule has 0 saturated heterocycles. The van der Waals surface area contributed by atoms with Gasteiger partial charge in [0.25, 0.3) is 0 Å². The molecule has 66 valence electrons. The second kappa shape index (κ2) is 4.24. The fraction of sp³-hybridized carbons (Fsp3) is 0.333. The highest BCUT2D eigenvalue weighted by atomic mass is 79.9. The van der Waals surface area contributed by atoms with Crippen LogP contribution in [0.3, 0.4) is 0 Å². The van der Waals surface area contributed by atoms with Crippen LogP contribution in [0.15, 0.2) is 22.7 Å². The van der Waals surface area contributed by atoms with Gasteiger partial charge in [-0.15, -0.1) is 0 Å². The summed E-state index contributed by atoms with van der Waals surface area (Å²) in [6.45, 7) is 1.48. The van der Waals surface area contributed by atoms with E-state index in [2.05, 4.69) is 15.9 Å². The minimum atomic E-state index is -0.349. The highest BCUT2D eigenvalue weighted by Crippen LogP contribution is 2.26. The Morgan fingerprint density at radius 2 is 2.25 bits per heavy atom. The van der Waals surface area contributed by atoms with E-state index in [1.54, 1.807) is 6.07 Å². The molecular weight excluding hydrogens is 242 g/mol. The summed E-state index contributed by atoms with van der Waals surface area (Å²) < 4.78 is 13.1. The number of benzene rings is 1. The Labute approximate surface area is 84.9 Å². The van der Waals surface area contributed by atoms with Gasteiger partial charge < -0.3 is 0 Å². The Morgan fingerprint density at radius 1 is 1.58 bits per heavy atom. The summed E-state index contributed by atoms with van der Waals surface area (Å²) in [5.41, 5.74) is 0.936. The van der Waals surface area contributed by atoms with E-state index in [-0.39, 0.29) is 12.6 Å². The summed E-state index contributed by atoms with van der Waals surface area (Å²) in [5, 5.41) is 0.632. The van der Waals surface area contributed by atoms with Crippen LogP contribution in [-0.4, -0.2) is 6.67 Å². The number of alkyl halides is 1. The Bertz CT molecular complexity index is 275. The molecule has 0 aliphatic carbocycles. The van der Waals surface area contributed by atoms with Gasteiger partial charge in [0.2, 0.25) is 0 Å². The third kappa shape index (κ3) is 2.20. The van der Waals surface area contributed by atoms with Crippen LogP contribution in [0.1, 0.15) is 18.4 Å².